The highest BCUT2D eigenvalue weighted by atomic mass is 32.1. The van der Waals surface area contributed by atoms with E-state index in [1.165, 1.54) is 44.0 Å². The Kier molecular flexibility index (Phi) is 3.17. The van der Waals surface area contributed by atoms with Gasteiger partial charge >= 0.3 is 0 Å². The molecule has 8 heteroatoms. The van der Waals surface area contributed by atoms with Crippen LogP contribution in [0.4, 0.5) is 0 Å². The molecular weight excluding hydrogens is 332 g/mol. The summed E-state index contributed by atoms with van der Waals surface area (Å²) < 4.78 is 3.00. The van der Waals surface area contributed by atoms with Crippen molar-refractivity contribution in [1.82, 2.24) is 18.9 Å². The first-order valence-corrected chi connectivity index (χ1v) is 8.65. The Hall–Kier alpha value is -2.32. The van der Waals surface area contributed by atoms with E-state index in [-0.39, 0.29) is 17.7 Å². The first-order chi connectivity index (χ1) is 11.0. The first kappa shape index (κ1) is 14.3. The second-order valence-corrected chi connectivity index (χ2v) is 7.36. The predicted molar refractivity (Wildman–Crippen MR) is 91.8 cm³/mol. The van der Waals surface area contributed by atoms with Crippen LogP contribution in [0.15, 0.2) is 33.6 Å². The molecule has 0 aliphatic rings. The fourth-order valence-corrected chi connectivity index (χ4v) is 4.25. The summed E-state index contributed by atoms with van der Waals surface area (Å²) in [7, 11) is 0. The van der Waals surface area contributed by atoms with Gasteiger partial charge in [-0.1, -0.05) is 0 Å². The van der Waals surface area contributed by atoms with Crippen molar-refractivity contribution in [2.24, 2.45) is 0 Å². The highest BCUT2D eigenvalue weighted by Gasteiger charge is 2.13. The molecule has 4 heterocycles. The number of aryl methyl sites for hydroxylation is 2. The van der Waals surface area contributed by atoms with E-state index in [2.05, 4.69) is 9.97 Å². The zero-order valence-corrected chi connectivity index (χ0v) is 14.1. The number of rotatable bonds is 2. The quantitative estimate of drug-likeness (QED) is 0.559. The number of hydrogen-bond acceptors (Lipinski definition) is 6. The van der Waals surface area contributed by atoms with Gasteiger partial charge in [0.25, 0.3) is 11.1 Å². The van der Waals surface area contributed by atoms with Crippen LogP contribution in [0.25, 0.3) is 15.2 Å². The second kappa shape index (κ2) is 5.10. The number of thiazole rings is 1. The van der Waals surface area contributed by atoms with Crippen LogP contribution < -0.4 is 11.1 Å². The van der Waals surface area contributed by atoms with Crippen LogP contribution in [0, 0.1) is 13.8 Å². The van der Waals surface area contributed by atoms with Crippen LogP contribution in [0.1, 0.15) is 16.1 Å². The Balaban J connectivity index is 1.85. The van der Waals surface area contributed by atoms with Crippen molar-refractivity contribution in [3.8, 4) is 0 Å². The van der Waals surface area contributed by atoms with Crippen LogP contribution in [-0.4, -0.2) is 18.9 Å². The minimum Gasteiger partial charge on any atom is -0.293 e. The minimum atomic E-state index is -0.143. The molecule has 4 rings (SSSR count). The molecular formula is C15H12N4O2S2. The molecule has 0 spiro atoms. The average molecular weight is 344 g/mol. The molecule has 0 atom stereocenters. The monoisotopic (exact) mass is 344 g/mol. The van der Waals surface area contributed by atoms with Gasteiger partial charge in [-0.3, -0.25) is 18.6 Å². The number of fused-ring (bicyclic) bond motifs is 2. The average Bonchev–Trinajstić information content (AvgIpc) is 3.08. The lowest BCUT2D eigenvalue weighted by Gasteiger charge is -2.05. The molecule has 0 unspecified atom stereocenters. The van der Waals surface area contributed by atoms with Gasteiger partial charge in [0.05, 0.1) is 24.0 Å². The molecule has 0 fully saturated rings. The van der Waals surface area contributed by atoms with Gasteiger partial charge in [0, 0.05) is 22.5 Å². The lowest BCUT2D eigenvalue weighted by molar-refractivity contribution is 0.728. The summed E-state index contributed by atoms with van der Waals surface area (Å²) in [5.41, 5.74) is 1.30. The molecule has 6 nitrogen and oxygen atoms in total. The van der Waals surface area contributed by atoms with Crippen LogP contribution in [0.5, 0.6) is 0 Å². The molecule has 0 saturated heterocycles. The molecule has 0 amide bonds. The summed E-state index contributed by atoms with van der Waals surface area (Å²) in [6.45, 7) is 4.16. The molecule has 23 heavy (non-hydrogen) atoms. The summed E-state index contributed by atoms with van der Waals surface area (Å²) in [4.78, 5) is 36.0. The molecule has 4 aromatic rings. The normalized spacial score (nSPS) is 11.6. The summed E-state index contributed by atoms with van der Waals surface area (Å²) >= 11 is 2.91. The van der Waals surface area contributed by atoms with Crippen molar-refractivity contribution >= 4 is 37.9 Å². The number of aromatic nitrogens is 4. The third-order valence-corrected chi connectivity index (χ3v) is 5.72. The fourth-order valence-electron chi connectivity index (χ4n) is 2.53. The SMILES string of the molecule is Cc1sc2ncn(Cc3cc(=O)n4ccsc4n3)c(=O)c2c1C. The number of thiophene rings is 1. The number of hydrogen-bond donors (Lipinski definition) is 0. The molecule has 0 aliphatic carbocycles. The van der Waals surface area contributed by atoms with Crippen molar-refractivity contribution in [3.63, 3.8) is 0 Å². The van der Waals surface area contributed by atoms with E-state index >= 15 is 0 Å². The van der Waals surface area contributed by atoms with Crippen molar-refractivity contribution in [1.29, 1.82) is 0 Å². The van der Waals surface area contributed by atoms with Gasteiger partial charge in [0.2, 0.25) is 0 Å². The summed E-state index contributed by atoms with van der Waals surface area (Å²) in [5.74, 6) is 0. The van der Waals surface area contributed by atoms with Crippen molar-refractivity contribution < 1.29 is 0 Å². The maximum absolute atomic E-state index is 12.7. The van der Waals surface area contributed by atoms with E-state index in [0.29, 0.717) is 16.0 Å². The Bertz CT molecular complexity index is 1170. The standard InChI is InChI=1S/C15H12N4O2S2/c1-8-9(2)23-13-12(8)14(21)18(7-16-13)6-10-5-11(20)19-3-4-22-15(19)17-10/h3-5,7H,6H2,1-2H3. The van der Waals surface area contributed by atoms with E-state index in [1.54, 1.807) is 6.20 Å². The van der Waals surface area contributed by atoms with Gasteiger partial charge < -0.3 is 0 Å². The highest BCUT2D eigenvalue weighted by molar-refractivity contribution is 7.18. The Morgan fingerprint density at radius 2 is 2.09 bits per heavy atom. The van der Waals surface area contributed by atoms with Gasteiger partial charge in [-0.25, -0.2) is 9.97 Å². The second-order valence-electron chi connectivity index (χ2n) is 5.28. The third kappa shape index (κ3) is 2.22. The third-order valence-electron chi connectivity index (χ3n) is 3.84. The summed E-state index contributed by atoms with van der Waals surface area (Å²) in [6, 6.07) is 1.46. The summed E-state index contributed by atoms with van der Waals surface area (Å²) in [5, 5.41) is 2.47. The van der Waals surface area contributed by atoms with Crippen LogP contribution >= 0.6 is 22.7 Å². The topological polar surface area (TPSA) is 69.3 Å². The van der Waals surface area contributed by atoms with E-state index in [0.717, 1.165) is 15.3 Å². The molecule has 0 N–H and O–H groups in total. The van der Waals surface area contributed by atoms with E-state index in [1.807, 2.05) is 19.2 Å². The highest BCUT2D eigenvalue weighted by Crippen LogP contribution is 2.25. The van der Waals surface area contributed by atoms with E-state index in [4.69, 9.17) is 0 Å². The van der Waals surface area contributed by atoms with E-state index in [9.17, 15) is 9.59 Å². The smallest absolute Gasteiger partial charge is 0.262 e. The Labute approximate surface area is 138 Å². The molecule has 0 radical (unpaired) electrons. The molecule has 0 aliphatic heterocycles. The maximum atomic E-state index is 12.7. The minimum absolute atomic E-state index is 0.0926. The Morgan fingerprint density at radius 3 is 2.91 bits per heavy atom. The lowest BCUT2D eigenvalue weighted by atomic mass is 10.2. The van der Waals surface area contributed by atoms with Crippen LogP contribution in [-0.2, 0) is 6.54 Å². The van der Waals surface area contributed by atoms with Crippen LogP contribution in [0.2, 0.25) is 0 Å². The van der Waals surface area contributed by atoms with Gasteiger partial charge in [-0.15, -0.1) is 22.7 Å². The summed E-state index contributed by atoms with van der Waals surface area (Å²) in [6.07, 6.45) is 3.22. The lowest BCUT2D eigenvalue weighted by Crippen LogP contribution is -2.23. The fraction of sp³-hybridized carbons (Fsp3) is 0.200. The van der Waals surface area contributed by atoms with Crippen molar-refractivity contribution in [2.75, 3.05) is 0 Å². The largest absolute Gasteiger partial charge is 0.293 e. The predicted octanol–water partition coefficient (Wildman–Crippen LogP) is 2.19. The molecule has 4 aromatic heterocycles. The van der Waals surface area contributed by atoms with E-state index < -0.39 is 0 Å². The molecule has 116 valence electrons. The molecule has 0 saturated carbocycles. The maximum Gasteiger partial charge on any atom is 0.262 e. The van der Waals surface area contributed by atoms with Crippen molar-refractivity contribution in [2.45, 2.75) is 20.4 Å². The zero-order valence-electron chi connectivity index (χ0n) is 12.4. The molecule has 0 bridgehead atoms. The van der Waals surface area contributed by atoms with Crippen molar-refractivity contribution in [3.05, 3.63) is 60.8 Å². The number of nitrogens with zero attached hydrogens (tertiary/aromatic N) is 4. The van der Waals surface area contributed by atoms with Gasteiger partial charge in [0.1, 0.15) is 4.83 Å². The first-order valence-electron chi connectivity index (χ1n) is 6.95. The van der Waals surface area contributed by atoms with Gasteiger partial charge in [-0.05, 0) is 19.4 Å². The zero-order chi connectivity index (χ0) is 16.1. The molecule has 0 aromatic carbocycles. The van der Waals surface area contributed by atoms with Gasteiger partial charge in [0.15, 0.2) is 4.96 Å². The Morgan fingerprint density at radius 1 is 1.26 bits per heavy atom. The van der Waals surface area contributed by atoms with Gasteiger partial charge in [-0.2, -0.15) is 0 Å². The van der Waals surface area contributed by atoms with Crippen LogP contribution in [0.3, 0.4) is 0 Å².